The highest BCUT2D eigenvalue weighted by atomic mass is 16.3. The second kappa shape index (κ2) is 26.8. The van der Waals surface area contributed by atoms with Crippen LogP contribution in [0.25, 0.3) is 11.1 Å². The molecule has 0 unspecified atom stereocenters. The van der Waals surface area contributed by atoms with Crippen LogP contribution in [0, 0.1) is 83.1 Å². The van der Waals surface area contributed by atoms with Crippen LogP contribution in [0.1, 0.15) is 100 Å². The Hall–Kier alpha value is -9.42. The van der Waals surface area contributed by atoms with Gasteiger partial charge in [-0.1, -0.05) is 60.7 Å². The first-order chi connectivity index (χ1) is 37.5. The molecule has 9 rings (SSSR count). The zero-order chi connectivity index (χ0) is 59.4. The van der Waals surface area contributed by atoms with Crippen LogP contribution in [-0.2, 0) is 6.42 Å². The highest BCUT2D eigenvalue weighted by molar-refractivity contribution is 5.74. The van der Waals surface area contributed by atoms with Crippen LogP contribution in [0.4, 0.5) is 0 Å². The molecule has 0 aliphatic rings. The van der Waals surface area contributed by atoms with Crippen LogP contribution < -0.4 is 0 Å². The van der Waals surface area contributed by atoms with Gasteiger partial charge < -0.3 is 61.3 Å². The van der Waals surface area contributed by atoms with E-state index in [9.17, 15) is 40.9 Å². The molecule has 0 aliphatic carbocycles. The summed E-state index contributed by atoms with van der Waals surface area (Å²) < 4.78 is 0. The summed E-state index contributed by atoms with van der Waals surface area (Å²) in [5, 5.41) is 114. The van der Waals surface area contributed by atoms with Gasteiger partial charge in [0.15, 0.2) is 0 Å². The van der Waals surface area contributed by atoms with Crippen molar-refractivity contribution in [2.75, 3.05) is 0 Å². The van der Waals surface area contributed by atoms with E-state index in [0.29, 0.717) is 34.3 Å². The molecule has 0 amide bonds. The van der Waals surface area contributed by atoms with E-state index in [1.54, 1.807) is 26.0 Å². The summed E-state index contributed by atoms with van der Waals surface area (Å²) in [7, 11) is 0. The van der Waals surface area contributed by atoms with E-state index < -0.39 is 0 Å². The highest BCUT2D eigenvalue weighted by Crippen LogP contribution is 2.41. The number of hydrogen-bond acceptors (Lipinski definition) is 12. The Balaban J connectivity index is 0.000000198. The van der Waals surface area contributed by atoms with Crippen molar-refractivity contribution in [1.29, 1.82) is 0 Å². The summed E-state index contributed by atoms with van der Waals surface area (Å²) in [6.45, 7) is 22.7. The molecule has 418 valence electrons. The molecule has 0 spiro atoms. The van der Waals surface area contributed by atoms with Crippen molar-refractivity contribution in [3.63, 3.8) is 0 Å². The lowest BCUT2D eigenvalue weighted by molar-refractivity contribution is 0.460. The van der Waals surface area contributed by atoms with Crippen molar-refractivity contribution < 1.29 is 61.3 Å². The van der Waals surface area contributed by atoms with E-state index in [1.807, 2.05) is 130 Å². The van der Waals surface area contributed by atoms with Gasteiger partial charge in [-0.05, 0) is 269 Å². The number of phenolic OH excluding ortho intramolecular Hbond substituents is 12. The monoisotopic (exact) mass is 1080 g/mol. The molecular formula is C68H74O12. The van der Waals surface area contributed by atoms with Crippen LogP contribution in [-0.4, -0.2) is 61.3 Å². The number of aryl methyl sites for hydroxylation is 12. The molecule has 0 saturated carbocycles. The van der Waals surface area contributed by atoms with Gasteiger partial charge in [0.2, 0.25) is 0 Å². The van der Waals surface area contributed by atoms with Crippen molar-refractivity contribution in [1.82, 2.24) is 0 Å². The van der Waals surface area contributed by atoms with Crippen molar-refractivity contribution in [2.24, 2.45) is 0 Å². The molecular weight excluding hydrogens is 1010 g/mol. The Kier molecular flexibility index (Phi) is 20.6. The summed E-state index contributed by atoms with van der Waals surface area (Å²) in [5.74, 6) is 2.77. The van der Waals surface area contributed by atoms with Crippen LogP contribution >= 0.6 is 0 Å². The highest BCUT2D eigenvalue weighted by Gasteiger charge is 2.22. The molecule has 0 radical (unpaired) electrons. The first-order valence-corrected chi connectivity index (χ1v) is 25.8. The minimum Gasteiger partial charge on any atom is -0.508 e. The zero-order valence-electron chi connectivity index (χ0n) is 47.4. The number of phenols is 12. The number of aromatic hydroxyl groups is 12. The normalized spacial score (nSPS) is 10.5. The Morgan fingerprint density at radius 2 is 0.463 bits per heavy atom. The third-order valence-corrected chi connectivity index (χ3v) is 13.5. The molecule has 0 aromatic heterocycles. The molecule has 12 heteroatoms. The van der Waals surface area contributed by atoms with Gasteiger partial charge in [0.1, 0.15) is 69.0 Å². The third kappa shape index (κ3) is 16.1. The van der Waals surface area contributed by atoms with E-state index in [1.165, 1.54) is 77.9 Å². The van der Waals surface area contributed by atoms with Crippen molar-refractivity contribution in [3.8, 4) is 80.1 Å². The van der Waals surface area contributed by atoms with E-state index in [0.717, 1.165) is 95.4 Å². The fourth-order valence-electron chi connectivity index (χ4n) is 9.35. The molecule has 9 aromatic carbocycles. The average molecular weight is 1080 g/mol. The predicted molar refractivity (Wildman–Crippen MR) is 318 cm³/mol. The number of rotatable bonds is 6. The molecule has 0 bridgehead atoms. The standard InChI is InChI=1S/C25H28O3.C17H20O2.C14H14O3.2C6H6O2/c1-13-7-19(8-14(2)23(13)26)22(20-9-15(3)24(27)16(4)10-20)21-11-17(5)25(28)18(6)12-21;1-10-5-14(6-11(2)16(10)18)9-15-7-12(3)17(19)13(4)8-15;1-8-5-10(6-9(2)14(8)17)12-7-11(15)3-4-13(12)16;2*7-5-1-2-6(8)4-3-5/h7-12,22,26-28H,1-6H3;5-8,18-19H,9H2,1-4H3;3-7,15-17H,1-2H3;2*1-4,7-8H. The van der Waals surface area contributed by atoms with Gasteiger partial charge in [0.05, 0.1) is 0 Å². The summed E-state index contributed by atoms with van der Waals surface area (Å²) >= 11 is 0. The van der Waals surface area contributed by atoms with Crippen molar-refractivity contribution in [3.05, 3.63) is 234 Å². The molecule has 0 saturated heterocycles. The molecule has 12 nitrogen and oxygen atoms in total. The number of benzene rings is 9. The quantitative estimate of drug-likeness (QED) is 0.0550. The first-order valence-electron chi connectivity index (χ1n) is 25.8. The SMILES string of the molecule is Cc1cc(-c2cc(O)ccc2O)cc(C)c1O.Cc1cc(C(c2cc(C)c(O)c(C)c2)c2cc(C)c(O)c(C)c2)cc(C)c1O.Cc1cc(Cc2cc(C)c(O)c(C)c2)cc(C)c1O.Oc1ccc(O)cc1.Oc1ccc(O)cc1. The third-order valence-electron chi connectivity index (χ3n) is 13.5. The van der Waals surface area contributed by atoms with Gasteiger partial charge in [-0.2, -0.15) is 0 Å². The van der Waals surface area contributed by atoms with E-state index >= 15 is 0 Å². The van der Waals surface area contributed by atoms with Crippen LogP contribution in [0.2, 0.25) is 0 Å². The summed E-state index contributed by atoms with van der Waals surface area (Å²) in [6.07, 6.45) is 0.809. The maximum Gasteiger partial charge on any atom is 0.123 e. The van der Waals surface area contributed by atoms with Gasteiger partial charge in [0.25, 0.3) is 0 Å². The molecule has 0 aliphatic heterocycles. The van der Waals surface area contributed by atoms with E-state index in [-0.39, 0.29) is 46.2 Å². The Morgan fingerprint density at radius 3 is 0.713 bits per heavy atom. The predicted octanol–water partition coefficient (Wildman–Crippen LogP) is 15.0. The second-order valence-corrected chi connectivity index (χ2v) is 20.5. The average Bonchev–Trinajstić information content (AvgIpc) is 3.39. The van der Waals surface area contributed by atoms with E-state index in [2.05, 4.69) is 0 Å². The second-order valence-electron chi connectivity index (χ2n) is 20.5. The maximum absolute atomic E-state index is 10.2. The molecule has 80 heavy (non-hydrogen) atoms. The van der Waals surface area contributed by atoms with Crippen LogP contribution in [0.3, 0.4) is 0 Å². The minimum atomic E-state index is -0.0750. The minimum absolute atomic E-state index is 0.0750. The van der Waals surface area contributed by atoms with Crippen LogP contribution in [0.15, 0.2) is 140 Å². The Labute approximate surface area is 469 Å². The van der Waals surface area contributed by atoms with E-state index in [4.69, 9.17) is 20.4 Å². The fraction of sp³-hybridized carbons (Fsp3) is 0.206. The van der Waals surface area contributed by atoms with Gasteiger partial charge >= 0.3 is 0 Å². The molecule has 0 fully saturated rings. The fourth-order valence-corrected chi connectivity index (χ4v) is 9.35. The molecule has 0 heterocycles. The van der Waals surface area contributed by atoms with Crippen LogP contribution in [0.5, 0.6) is 69.0 Å². The van der Waals surface area contributed by atoms with Gasteiger partial charge in [-0.15, -0.1) is 0 Å². The molecule has 0 atom stereocenters. The van der Waals surface area contributed by atoms with Crippen molar-refractivity contribution in [2.45, 2.75) is 95.4 Å². The lowest BCUT2D eigenvalue weighted by atomic mass is 9.81. The lowest BCUT2D eigenvalue weighted by Crippen LogP contribution is -2.06. The summed E-state index contributed by atoms with van der Waals surface area (Å²) in [6, 6.07) is 39.5. The molecule has 12 N–H and O–H groups in total. The molecule has 9 aromatic rings. The zero-order valence-corrected chi connectivity index (χ0v) is 47.4. The maximum atomic E-state index is 10.2. The largest absolute Gasteiger partial charge is 0.508 e. The first kappa shape index (κ1) is 61.4. The van der Waals surface area contributed by atoms with Gasteiger partial charge in [-0.3, -0.25) is 0 Å². The van der Waals surface area contributed by atoms with Gasteiger partial charge in [-0.25, -0.2) is 0 Å². The Bertz CT molecular complexity index is 3200. The Morgan fingerprint density at radius 1 is 0.250 bits per heavy atom. The topological polar surface area (TPSA) is 243 Å². The lowest BCUT2D eigenvalue weighted by Gasteiger charge is -2.23. The smallest absolute Gasteiger partial charge is 0.123 e. The van der Waals surface area contributed by atoms with Crippen molar-refractivity contribution >= 4 is 0 Å². The number of hydrogen-bond donors (Lipinski definition) is 12. The summed E-state index contributed by atoms with van der Waals surface area (Å²) in [4.78, 5) is 0. The summed E-state index contributed by atoms with van der Waals surface area (Å²) in [5.41, 5.74) is 17.0. The van der Waals surface area contributed by atoms with Gasteiger partial charge in [0, 0.05) is 11.5 Å².